The van der Waals surface area contributed by atoms with E-state index in [9.17, 15) is 9.18 Å². The van der Waals surface area contributed by atoms with E-state index in [1.165, 1.54) is 10.7 Å². The molecule has 0 N–H and O–H groups in total. The number of hydrogen-bond acceptors (Lipinski definition) is 3. The van der Waals surface area contributed by atoms with Gasteiger partial charge in [-0.25, -0.2) is 9.07 Å². The quantitative estimate of drug-likeness (QED) is 0.849. The Morgan fingerprint density at radius 2 is 1.95 bits per heavy atom. The summed E-state index contributed by atoms with van der Waals surface area (Å²) in [6, 6.07) is 8.03. The van der Waals surface area contributed by atoms with Gasteiger partial charge in [0.05, 0.1) is 0 Å². The predicted octanol–water partition coefficient (Wildman–Crippen LogP) is 1.79. The average Bonchev–Trinajstić information content (AvgIpc) is 2.90. The minimum atomic E-state index is -0.360. The Kier molecular flexibility index (Phi) is 4.20. The van der Waals surface area contributed by atoms with E-state index in [4.69, 9.17) is 0 Å². The molecule has 0 radical (unpaired) electrons. The number of halogens is 1. The van der Waals surface area contributed by atoms with Gasteiger partial charge < -0.3 is 9.80 Å². The minimum Gasteiger partial charge on any atom is -0.336 e. The van der Waals surface area contributed by atoms with Crippen molar-refractivity contribution in [1.29, 1.82) is 0 Å². The second-order valence-electron chi connectivity index (χ2n) is 5.55. The largest absolute Gasteiger partial charge is 0.336 e. The van der Waals surface area contributed by atoms with Gasteiger partial charge in [-0.2, -0.15) is 5.10 Å². The number of carbonyl (C=O) groups is 1. The zero-order chi connectivity index (χ0) is 15.5. The van der Waals surface area contributed by atoms with Crippen molar-refractivity contribution in [3.05, 3.63) is 48.0 Å². The van der Waals surface area contributed by atoms with Crippen LogP contribution >= 0.6 is 0 Å². The van der Waals surface area contributed by atoms with E-state index in [1.54, 1.807) is 30.5 Å². The number of likely N-dealkylation sites (N-methyl/N-ethyl adjacent to an activating group) is 1. The summed E-state index contributed by atoms with van der Waals surface area (Å²) in [5.41, 5.74) is 0.699. The molecule has 0 aliphatic carbocycles. The Labute approximate surface area is 128 Å². The van der Waals surface area contributed by atoms with Crippen LogP contribution in [0.4, 0.5) is 4.39 Å². The third kappa shape index (κ3) is 3.01. The highest BCUT2D eigenvalue weighted by Crippen LogP contribution is 2.13. The molecule has 0 saturated carbocycles. The van der Waals surface area contributed by atoms with Gasteiger partial charge in [-0.05, 0) is 38.2 Å². The van der Waals surface area contributed by atoms with Crippen LogP contribution in [0.5, 0.6) is 0 Å². The molecule has 1 fully saturated rings. The van der Waals surface area contributed by atoms with Gasteiger partial charge in [-0.3, -0.25) is 4.79 Å². The molecular weight excluding hydrogens is 283 g/mol. The molecule has 1 aliphatic heterocycles. The van der Waals surface area contributed by atoms with Gasteiger partial charge in [0.1, 0.15) is 11.5 Å². The fraction of sp³-hybridized carbons (Fsp3) is 0.375. The van der Waals surface area contributed by atoms with Crippen LogP contribution in [0, 0.1) is 5.82 Å². The van der Waals surface area contributed by atoms with Gasteiger partial charge in [0.2, 0.25) is 0 Å². The van der Waals surface area contributed by atoms with Crippen molar-refractivity contribution in [3.63, 3.8) is 0 Å². The molecule has 0 atom stereocenters. The van der Waals surface area contributed by atoms with E-state index in [0.717, 1.165) is 26.1 Å². The van der Waals surface area contributed by atoms with Crippen molar-refractivity contribution in [1.82, 2.24) is 19.6 Å². The Balaban J connectivity index is 1.78. The van der Waals surface area contributed by atoms with E-state index >= 15 is 0 Å². The number of benzene rings is 1. The first-order valence-electron chi connectivity index (χ1n) is 7.43. The zero-order valence-corrected chi connectivity index (χ0v) is 12.6. The van der Waals surface area contributed by atoms with Crippen LogP contribution in [0.2, 0.25) is 0 Å². The van der Waals surface area contributed by atoms with E-state index in [-0.39, 0.29) is 11.7 Å². The van der Waals surface area contributed by atoms with Crippen LogP contribution in [0.3, 0.4) is 0 Å². The van der Waals surface area contributed by atoms with Gasteiger partial charge in [0.25, 0.3) is 5.91 Å². The zero-order valence-electron chi connectivity index (χ0n) is 12.6. The number of carbonyl (C=O) groups excluding carboxylic acids is 1. The summed E-state index contributed by atoms with van der Waals surface area (Å²) in [4.78, 5) is 16.6. The molecule has 1 aliphatic rings. The van der Waals surface area contributed by atoms with Crippen molar-refractivity contribution in [2.24, 2.45) is 0 Å². The minimum absolute atomic E-state index is 0.0922. The highest BCUT2D eigenvalue weighted by atomic mass is 19.1. The van der Waals surface area contributed by atoms with E-state index in [1.807, 2.05) is 4.90 Å². The van der Waals surface area contributed by atoms with Gasteiger partial charge in [-0.15, -0.1) is 0 Å². The summed E-state index contributed by atoms with van der Waals surface area (Å²) < 4.78 is 15.2. The molecule has 0 unspecified atom stereocenters. The first kappa shape index (κ1) is 14.7. The van der Waals surface area contributed by atoms with E-state index in [0.29, 0.717) is 17.9 Å². The van der Waals surface area contributed by atoms with Crippen LogP contribution in [0.15, 0.2) is 36.5 Å². The smallest absolute Gasteiger partial charge is 0.274 e. The molecule has 3 rings (SSSR count). The number of nitrogens with zero attached hydrogens (tertiary/aromatic N) is 4. The van der Waals surface area contributed by atoms with Crippen LogP contribution in [-0.4, -0.2) is 58.7 Å². The summed E-state index contributed by atoms with van der Waals surface area (Å²) in [6.45, 7) is 3.28. The lowest BCUT2D eigenvalue weighted by Gasteiger charge is -2.19. The molecule has 2 aromatic rings. The highest BCUT2D eigenvalue weighted by Gasteiger charge is 2.21. The number of rotatable bonds is 2. The van der Waals surface area contributed by atoms with Crippen molar-refractivity contribution in [2.75, 3.05) is 33.2 Å². The molecule has 0 spiro atoms. The van der Waals surface area contributed by atoms with Crippen molar-refractivity contribution >= 4 is 5.91 Å². The van der Waals surface area contributed by atoms with Crippen molar-refractivity contribution in [2.45, 2.75) is 6.42 Å². The first-order valence-corrected chi connectivity index (χ1v) is 7.43. The van der Waals surface area contributed by atoms with E-state index in [2.05, 4.69) is 17.0 Å². The molecule has 22 heavy (non-hydrogen) atoms. The molecule has 5 nitrogen and oxygen atoms in total. The molecule has 1 aromatic heterocycles. The summed E-state index contributed by atoms with van der Waals surface area (Å²) in [5.74, 6) is -0.452. The predicted molar refractivity (Wildman–Crippen MR) is 81.5 cm³/mol. The van der Waals surface area contributed by atoms with Crippen molar-refractivity contribution in [3.8, 4) is 5.69 Å². The van der Waals surface area contributed by atoms with Gasteiger partial charge in [0, 0.05) is 25.8 Å². The SMILES string of the molecule is CN1CCCN(C(=O)c2ccn(-c3ccccc3F)n2)CC1. The maximum Gasteiger partial charge on any atom is 0.274 e. The Morgan fingerprint density at radius 1 is 1.14 bits per heavy atom. The summed E-state index contributed by atoms with van der Waals surface area (Å²) >= 11 is 0. The van der Waals surface area contributed by atoms with Crippen molar-refractivity contribution < 1.29 is 9.18 Å². The van der Waals surface area contributed by atoms with Gasteiger partial charge in [0.15, 0.2) is 5.69 Å². The number of amides is 1. The maximum atomic E-state index is 13.8. The molecule has 2 heterocycles. The third-order valence-corrected chi connectivity index (χ3v) is 3.91. The molecular formula is C16H19FN4O. The van der Waals surface area contributed by atoms with Crippen LogP contribution in [0.1, 0.15) is 16.9 Å². The number of aromatic nitrogens is 2. The lowest BCUT2D eigenvalue weighted by atomic mass is 10.3. The van der Waals surface area contributed by atoms with Crippen LogP contribution in [0.25, 0.3) is 5.69 Å². The van der Waals surface area contributed by atoms with Gasteiger partial charge in [-0.1, -0.05) is 12.1 Å². The summed E-state index contributed by atoms with van der Waals surface area (Å²) in [7, 11) is 2.06. The Bertz CT molecular complexity index is 670. The number of hydrogen-bond donors (Lipinski definition) is 0. The lowest BCUT2D eigenvalue weighted by molar-refractivity contribution is 0.0756. The summed E-state index contributed by atoms with van der Waals surface area (Å²) in [6.07, 6.45) is 2.58. The second kappa shape index (κ2) is 6.27. The molecule has 1 saturated heterocycles. The first-order chi connectivity index (χ1) is 10.6. The normalized spacial score (nSPS) is 16.5. The van der Waals surface area contributed by atoms with E-state index < -0.39 is 0 Å². The molecule has 6 heteroatoms. The second-order valence-corrected chi connectivity index (χ2v) is 5.55. The average molecular weight is 302 g/mol. The topological polar surface area (TPSA) is 41.4 Å². The fourth-order valence-corrected chi connectivity index (χ4v) is 2.62. The lowest BCUT2D eigenvalue weighted by Crippen LogP contribution is -2.34. The maximum absolute atomic E-state index is 13.8. The monoisotopic (exact) mass is 302 g/mol. The highest BCUT2D eigenvalue weighted by molar-refractivity contribution is 5.92. The summed E-state index contributed by atoms with van der Waals surface area (Å²) in [5, 5.41) is 4.24. The Hall–Kier alpha value is -2.21. The third-order valence-electron chi connectivity index (χ3n) is 3.91. The molecule has 1 amide bonds. The molecule has 1 aromatic carbocycles. The fourth-order valence-electron chi connectivity index (χ4n) is 2.62. The van der Waals surface area contributed by atoms with Crippen LogP contribution < -0.4 is 0 Å². The standard InChI is InChI=1S/C16H19FN4O/c1-19-8-4-9-20(12-11-19)16(22)14-7-10-21(18-14)15-6-3-2-5-13(15)17/h2-3,5-7,10H,4,8-9,11-12H2,1H3. The molecule has 116 valence electrons. The Morgan fingerprint density at radius 3 is 2.77 bits per heavy atom. The van der Waals surface area contributed by atoms with Crippen LogP contribution in [-0.2, 0) is 0 Å². The number of para-hydroxylation sites is 1. The van der Waals surface area contributed by atoms with Gasteiger partial charge >= 0.3 is 0 Å². The molecule has 0 bridgehead atoms.